The molecule has 108 valence electrons. The lowest BCUT2D eigenvalue weighted by atomic mass is 9.86. The second kappa shape index (κ2) is 8.26. The highest BCUT2D eigenvalue weighted by molar-refractivity contribution is 5.15. The van der Waals surface area contributed by atoms with Gasteiger partial charge in [-0.3, -0.25) is 4.98 Å². The van der Waals surface area contributed by atoms with Crippen LogP contribution >= 0.6 is 0 Å². The number of hydrogen-bond acceptors (Lipinski definition) is 2. The molecule has 0 spiro atoms. The van der Waals surface area contributed by atoms with Crippen molar-refractivity contribution < 1.29 is 4.39 Å². The summed E-state index contributed by atoms with van der Waals surface area (Å²) in [7, 11) is 0. The molecule has 19 heavy (non-hydrogen) atoms. The zero-order chi connectivity index (χ0) is 14.1. The Morgan fingerprint density at radius 3 is 2.37 bits per heavy atom. The first-order valence-corrected chi connectivity index (χ1v) is 7.53. The minimum absolute atomic E-state index is 0.304. The Balaban J connectivity index is 2.44. The molecule has 2 N–H and O–H groups in total. The zero-order valence-corrected chi connectivity index (χ0v) is 12.3. The molecule has 1 rings (SSSR count). The number of nitrogens with two attached hydrogens (primary N) is 1. The van der Waals surface area contributed by atoms with E-state index in [1.165, 1.54) is 44.4 Å². The molecule has 0 aromatic carbocycles. The molecule has 1 unspecified atom stereocenters. The molecular formula is C16H27FN2. The van der Waals surface area contributed by atoms with Crippen molar-refractivity contribution in [1.29, 1.82) is 0 Å². The summed E-state index contributed by atoms with van der Waals surface area (Å²) in [6.45, 7) is 4.30. The molecule has 0 aliphatic carbocycles. The number of pyridine rings is 1. The van der Waals surface area contributed by atoms with Gasteiger partial charge in [-0.15, -0.1) is 0 Å². The largest absolute Gasteiger partial charge is 0.320 e. The van der Waals surface area contributed by atoms with E-state index < -0.39 is 5.54 Å². The van der Waals surface area contributed by atoms with Crippen LogP contribution in [0.4, 0.5) is 4.39 Å². The number of halogens is 1. The maximum atomic E-state index is 12.9. The van der Waals surface area contributed by atoms with E-state index in [2.05, 4.69) is 18.8 Å². The molecule has 0 saturated carbocycles. The van der Waals surface area contributed by atoms with Gasteiger partial charge in [0.25, 0.3) is 0 Å². The van der Waals surface area contributed by atoms with Crippen LogP contribution in [0.1, 0.15) is 70.9 Å². The topological polar surface area (TPSA) is 38.9 Å². The van der Waals surface area contributed by atoms with E-state index in [4.69, 9.17) is 5.73 Å². The molecule has 1 aromatic rings. The van der Waals surface area contributed by atoms with Crippen LogP contribution < -0.4 is 5.73 Å². The van der Waals surface area contributed by atoms with E-state index in [0.717, 1.165) is 25.0 Å². The van der Waals surface area contributed by atoms with Gasteiger partial charge in [0.15, 0.2) is 0 Å². The summed E-state index contributed by atoms with van der Waals surface area (Å²) in [5.41, 5.74) is 6.83. The number of aromatic nitrogens is 1. The van der Waals surface area contributed by atoms with Gasteiger partial charge in [-0.05, 0) is 25.0 Å². The molecule has 0 amide bonds. The molecular weight excluding hydrogens is 239 g/mol. The molecule has 2 nitrogen and oxygen atoms in total. The molecule has 3 heteroatoms. The zero-order valence-electron chi connectivity index (χ0n) is 12.3. The van der Waals surface area contributed by atoms with Gasteiger partial charge in [0, 0.05) is 0 Å². The monoisotopic (exact) mass is 266 g/mol. The summed E-state index contributed by atoms with van der Waals surface area (Å²) in [6.07, 6.45) is 10.5. The van der Waals surface area contributed by atoms with E-state index in [1.807, 2.05) is 0 Å². The van der Waals surface area contributed by atoms with E-state index in [9.17, 15) is 4.39 Å². The summed E-state index contributed by atoms with van der Waals surface area (Å²) in [5.74, 6) is -0.304. The quantitative estimate of drug-likeness (QED) is 0.667. The van der Waals surface area contributed by atoms with Crippen LogP contribution in [0.15, 0.2) is 18.3 Å². The van der Waals surface area contributed by atoms with Gasteiger partial charge in [0.05, 0.1) is 17.4 Å². The third-order valence-corrected chi connectivity index (χ3v) is 3.84. The van der Waals surface area contributed by atoms with E-state index >= 15 is 0 Å². The Labute approximate surface area is 116 Å². The Morgan fingerprint density at radius 1 is 1.11 bits per heavy atom. The fourth-order valence-electron chi connectivity index (χ4n) is 2.38. The minimum Gasteiger partial charge on any atom is -0.320 e. The third-order valence-electron chi connectivity index (χ3n) is 3.84. The van der Waals surface area contributed by atoms with Crippen LogP contribution in [0.2, 0.25) is 0 Å². The summed E-state index contributed by atoms with van der Waals surface area (Å²) in [5, 5.41) is 0. The SMILES string of the molecule is CCCCCCCCC(N)(CC)c1ccc(F)cn1. The first-order valence-electron chi connectivity index (χ1n) is 7.53. The molecule has 0 aliphatic heterocycles. The van der Waals surface area contributed by atoms with Crippen LogP contribution in [-0.2, 0) is 5.54 Å². The maximum Gasteiger partial charge on any atom is 0.141 e. The first-order chi connectivity index (χ1) is 9.12. The van der Waals surface area contributed by atoms with Crippen molar-refractivity contribution in [2.24, 2.45) is 5.73 Å². The van der Waals surface area contributed by atoms with Gasteiger partial charge in [-0.25, -0.2) is 4.39 Å². The number of nitrogens with zero attached hydrogens (tertiary/aromatic N) is 1. The van der Waals surface area contributed by atoms with Gasteiger partial charge in [0.1, 0.15) is 5.82 Å². The molecule has 0 saturated heterocycles. The van der Waals surface area contributed by atoms with Crippen molar-refractivity contribution in [3.8, 4) is 0 Å². The highest BCUT2D eigenvalue weighted by Gasteiger charge is 2.25. The van der Waals surface area contributed by atoms with Gasteiger partial charge in [-0.2, -0.15) is 0 Å². The lowest BCUT2D eigenvalue weighted by Gasteiger charge is -2.27. The fraction of sp³-hybridized carbons (Fsp3) is 0.688. The Hall–Kier alpha value is -0.960. The molecule has 1 heterocycles. The average Bonchev–Trinajstić information content (AvgIpc) is 2.43. The average molecular weight is 266 g/mol. The van der Waals surface area contributed by atoms with Gasteiger partial charge in [-0.1, -0.05) is 52.4 Å². The van der Waals surface area contributed by atoms with Gasteiger partial charge >= 0.3 is 0 Å². The Bertz CT molecular complexity index is 350. The summed E-state index contributed by atoms with van der Waals surface area (Å²) < 4.78 is 12.9. The van der Waals surface area contributed by atoms with Crippen molar-refractivity contribution in [2.45, 2.75) is 70.8 Å². The summed E-state index contributed by atoms with van der Waals surface area (Å²) >= 11 is 0. The summed E-state index contributed by atoms with van der Waals surface area (Å²) in [4.78, 5) is 4.15. The highest BCUT2D eigenvalue weighted by atomic mass is 19.1. The first kappa shape index (κ1) is 16.1. The number of rotatable bonds is 9. The van der Waals surface area contributed by atoms with Crippen LogP contribution in [0.25, 0.3) is 0 Å². The Kier molecular flexibility index (Phi) is 7.00. The predicted molar refractivity (Wildman–Crippen MR) is 78.3 cm³/mol. The minimum atomic E-state index is -0.404. The van der Waals surface area contributed by atoms with Crippen molar-refractivity contribution in [3.63, 3.8) is 0 Å². The van der Waals surface area contributed by atoms with E-state index in [-0.39, 0.29) is 5.82 Å². The predicted octanol–water partition coefficient (Wildman–Crippen LogP) is 4.54. The molecule has 0 radical (unpaired) electrons. The lowest BCUT2D eigenvalue weighted by molar-refractivity contribution is 0.362. The molecule has 0 fully saturated rings. The lowest BCUT2D eigenvalue weighted by Crippen LogP contribution is -2.36. The van der Waals surface area contributed by atoms with Crippen molar-refractivity contribution in [1.82, 2.24) is 4.98 Å². The van der Waals surface area contributed by atoms with Crippen LogP contribution in [0, 0.1) is 5.82 Å². The number of hydrogen-bond donors (Lipinski definition) is 1. The van der Waals surface area contributed by atoms with Crippen LogP contribution in [0.3, 0.4) is 0 Å². The molecule has 1 aromatic heterocycles. The molecule has 0 aliphatic rings. The summed E-state index contributed by atoms with van der Waals surface area (Å²) in [6, 6.07) is 3.16. The second-order valence-electron chi connectivity index (χ2n) is 5.39. The van der Waals surface area contributed by atoms with Crippen molar-refractivity contribution >= 4 is 0 Å². The van der Waals surface area contributed by atoms with E-state index in [0.29, 0.717) is 0 Å². The van der Waals surface area contributed by atoms with Crippen LogP contribution in [0.5, 0.6) is 0 Å². The highest BCUT2D eigenvalue weighted by Crippen LogP contribution is 2.27. The molecule has 1 atom stereocenters. The Morgan fingerprint density at radius 2 is 1.79 bits per heavy atom. The molecule has 0 bridgehead atoms. The van der Waals surface area contributed by atoms with Gasteiger partial charge in [0.2, 0.25) is 0 Å². The smallest absolute Gasteiger partial charge is 0.141 e. The van der Waals surface area contributed by atoms with Crippen molar-refractivity contribution in [2.75, 3.05) is 0 Å². The maximum absolute atomic E-state index is 12.9. The second-order valence-corrected chi connectivity index (χ2v) is 5.39. The van der Waals surface area contributed by atoms with E-state index in [1.54, 1.807) is 6.07 Å². The van der Waals surface area contributed by atoms with Gasteiger partial charge < -0.3 is 5.73 Å². The van der Waals surface area contributed by atoms with Crippen molar-refractivity contribution in [3.05, 3.63) is 29.8 Å². The fourth-order valence-corrected chi connectivity index (χ4v) is 2.38. The normalized spacial score (nSPS) is 14.3. The standard InChI is InChI=1S/C16H27FN2/c1-3-5-6-7-8-9-12-16(18,4-2)15-11-10-14(17)13-19-15/h10-11,13H,3-9,12,18H2,1-2H3. The van der Waals surface area contributed by atoms with Crippen LogP contribution in [-0.4, -0.2) is 4.98 Å². The third kappa shape index (κ3) is 5.27. The number of unbranched alkanes of at least 4 members (excludes halogenated alkanes) is 5.